The minimum Gasteiger partial charge on any atom is -0.477 e. The van der Waals surface area contributed by atoms with Gasteiger partial charge in [-0.15, -0.1) is 0 Å². The third-order valence-corrected chi connectivity index (χ3v) is 13.5. The predicted octanol–water partition coefficient (Wildman–Crippen LogP) is 18.6. The fourth-order valence-corrected chi connectivity index (χ4v) is 8.72. The number of esters is 2. The quantitative estimate of drug-likeness (QED) is 0.0211. The number of hydrogen-bond acceptors (Lipinski definition) is 7. The third kappa shape index (κ3) is 58.3. The summed E-state index contributed by atoms with van der Waals surface area (Å²) in [6, 6.07) is 0. The summed E-state index contributed by atoms with van der Waals surface area (Å²) in [5.74, 6) is -2.03. The summed E-state index contributed by atoms with van der Waals surface area (Å²) < 4.78 is 22.9. The molecule has 0 heterocycles. The Morgan fingerprint density at radius 1 is 0.413 bits per heavy atom. The van der Waals surface area contributed by atoms with Crippen LogP contribution in [0.3, 0.4) is 0 Å². The van der Waals surface area contributed by atoms with E-state index in [0.717, 1.165) is 83.5 Å². The summed E-state index contributed by atoms with van der Waals surface area (Å²) >= 11 is 0. The maximum absolute atomic E-state index is 12.9. The molecule has 0 aliphatic carbocycles. The number of unbranched alkanes of at least 4 members (excludes halogenated alkanes) is 30. The molecule has 0 rings (SSSR count). The topological polar surface area (TPSA) is 108 Å². The molecule has 75 heavy (non-hydrogen) atoms. The van der Waals surface area contributed by atoms with Crippen LogP contribution in [-0.4, -0.2) is 87.4 Å². The third-order valence-electron chi connectivity index (χ3n) is 13.5. The van der Waals surface area contributed by atoms with Crippen LogP contribution < -0.4 is 0 Å². The number of allylic oxidation sites excluding steroid dienone is 12. The van der Waals surface area contributed by atoms with Gasteiger partial charge in [-0.3, -0.25) is 9.59 Å². The monoisotopic (exact) mass is 1050 g/mol. The molecule has 9 heteroatoms. The molecular weight excluding hydrogens is 935 g/mol. The normalized spacial score (nSPS) is 13.2. The molecule has 2 atom stereocenters. The van der Waals surface area contributed by atoms with Crippen LogP contribution in [0, 0.1) is 0 Å². The van der Waals surface area contributed by atoms with Crippen LogP contribution in [0.1, 0.15) is 271 Å². The number of nitrogens with zero attached hydrogens (tertiary/aromatic N) is 1. The molecule has 0 aliphatic rings. The Hall–Kier alpha value is -3.27. The van der Waals surface area contributed by atoms with Gasteiger partial charge in [0.25, 0.3) is 6.29 Å². The van der Waals surface area contributed by atoms with Crippen molar-refractivity contribution in [1.29, 1.82) is 0 Å². The van der Waals surface area contributed by atoms with Crippen molar-refractivity contribution in [3.63, 3.8) is 0 Å². The second-order valence-electron chi connectivity index (χ2n) is 22.0. The lowest BCUT2D eigenvalue weighted by atomic mass is 10.0. The maximum Gasteiger partial charge on any atom is 0.361 e. The van der Waals surface area contributed by atoms with E-state index in [1.165, 1.54) is 154 Å². The Labute approximate surface area is 462 Å². The van der Waals surface area contributed by atoms with E-state index >= 15 is 0 Å². The number of hydrogen-bond donors (Lipinski definition) is 1. The highest BCUT2D eigenvalue weighted by atomic mass is 16.7. The molecule has 0 aliphatic heterocycles. The van der Waals surface area contributed by atoms with Crippen LogP contribution in [0.2, 0.25) is 0 Å². The maximum atomic E-state index is 12.9. The van der Waals surface area contributed by atoms with Crippen molar-refractivity contribution in [2.75, 3.05) is 47.5 Å². The Bertz CT molecular complexity index is 1460. The highest BCUT2D eigenvalue weighted by Crippen LogP contribution is 2.17. The SMILES string of the molecule is CC/C=C\C/C=C\C/C=C\C/C=C\C/C=C\C/C=C\CCCCCCC(=O)OC(COC(=O)CCCCCCCCCCCCCCCCCCCCCCCCCCCCC)COC(OCC[N+](C)(C)C)C(=O)O. The van der Waals surface area contributed by atoms with E-state index < -0.39 is 24.3 Å². The van der Waals surface area contributed by atoms with Gasteiger partial charge in [-0.2, -0.15) is 0 Å². The molecule has 434 valence electrons. The van der Waals surface area contributed by atoms with Crippen LogP contribution in [-0.2, 0) is 33.3 Å². The number of carbonyl (C=O) groups excluding carboxylic acids is 2. The molecule has 0 radical (unpaired) electrons. The van der Waals surface area contributed by atoms with Crippen LogP contribution in [0.4, 0.5) is 0 Å². The molecule has 0 fully saturated rings. The number of carboxylic acid groups (broad SMARTS) is 1. The smallest absolute Gasteiger partial charge is 0.361 e. The van der Waals surface area contributed by atoms with Crippen LogP contribution in [0.25, 0.3) is 0 Å². The van der Waals surface area contributed by atoms with Gasteiger partial charge < -0.3 is 28.5 Å². The standard InChI is InChI=1S/C66H117NO8/c1-6-8-10-12-14-16-18-20-22-24-26-28-30-31-32-33-35-36-38-40-42-44-46-48-50-52-54-56-63(68)73-60-62(61-74-66(65(70)71)72-59-58-67(3,4)5)75-64(69)57-55-53-51-49-47-45-43-41-39-37-34-29-27-25-23-21-19-17-15-13-11-9-7-2/h9,11,15,17,21,23,27,29,37,39,43,45,62,66H,6-8,10,12-14,16,18-20,22,24-26,28,30-36,38,40-42,44,46-61H2,1-5H3/p+1/b11-9-,17-15-,23-21-,29-27-,39-37-,45-43-. The first-order valence-electron chi connectivity index (χ1n) is 31.1. The first-order chi connectivity index (χ1) is 36.6. The number of carbonyl (C=O) groups is 3. The molecule has 0 spiro atoms. The van der Waals surface area contributed by atoms with Gasteiger partial charge in [0, 0.05) is 12.8 Å². The van der Waals surface area contributed by atoms with Gasteiger partial charge in [-0.05, 0) is 64.2 Å². The molecule has 1 N–H and O–H groups in total. The highest BCUT2D eigenvalue weighted by Gasteiger charge is 2.25. The zero-order chi connectivity index (χ0) is 54.8. The zero-order valence-corrected chi connectivity index (χ0v) is 49.4. The van der Waals surface area contributed by atoms with Crippen molar-refractivity contribution in [3.8, 4) is 0 Å². The summed E-state index contributed by atoms with van der Waals surface area (Å²) in [6.07, 6.45) is 71.4. The fourth-order valence-electron chi connectivity index (χ4n) is 8.72. The number of aliphatic carboxylic acids is 1. The first-order valence-corrected chi connectivity index (χ1v) is 31.1. The summed E-state index contributed by atoms with van der Waals surface area (Å²) in [7, 11) is 5.96. The largest absolute Gasteiger partial charge is 0.477 e. The number of ether oxygens (including phenoxy) is 4. The molecule has 2 unspecified atom stereocenters. The summed E-state index contributed by atoms with van der Waals surface area (Å²) in [5, 5.41) is 9.71. The van der Waals surface area contributed by atoms with Gasteiger partial charge >= 0.3 is 17.9 Å². The molecule has 0 aromatic rings. The number of quaternary nitrogens is 1. The minimum atomic E-state index is -1.52. The lowest BCUT2D eigenvalue weighted by Gasteiger charge is -2.25. The van der Waals surface area contributed by atoms with Crippen molar-refractivity contribution in [2.45, 2.75) is 283 Å². The van der Waals surface area contributed by atoms with Crippen LogP contribution in [0.15, 0.2) is 72.9 Å². The molecular formula is C66H118NO8+. The first kappa shape index (κ1) is 71.7. The van der Waals surface area contributed by atoms with Crippen molar-refractivity contribution in [1.82, 2.24) is 0 Å². The number of rotatable bonds is 57. The van der Waals surface area contributed by atoms with Gasteiger partial charge in [0.2, 0.25) is 0 Å². The average Bonchev–Trinajstić information content (AvgIpc) is 3.38. The summed E-state index contributed by atoms with van der Waals surface area (Å²) in [4.78, 5) is 37.5. The van der Waals surface area contributed by atoms with Crippen molar-refractivity contribution in [2.24, 2.45) is 0 Å². The molecule has 0 aromatic carbocycles. The fraction of sp³-hybridized carbons (Fsp3) is 0.773. The van der Waals surface area contributed by atoms with Gasteiger partial charge in [-0.1, -0.05) is 267 Å². The van der Waals surface area contributed by atoms with E-state index in [1.807, 2.05) is 21.1 Å². The highest BCUT2D eigenvalue weighted by molar-refractivity contribution is 5.71. The van der Waals surface area contributed by atoms with Crippen LogP contribution in [0.5, 0.6) is 0 Å². The Morgan fingerprint density at radius 3 is 1.13 bits per heavy atom. The van der Waals surface area contributed by atoms with Crippen molar-refractivity contribution >= 4 is 17.9 Å². The van der Waals surface area contributed by atoms with Gasteiger partial charge in [0.15, 0.2) is 6.10 Å². The Morgan fingerprint density at radius 2 is 0.760 bits per heavy atom. The lowest BCUT2D eigenvalue weighted by Crippen LogP contribution is -2.40. The predicted molar refractivity (Wildman–Crippen MR) is 318 cm³/mol. The molecule has 0 saturated heterocycles. The average molecular weight is 1050 g/mol. The van der Waals surface area contributed by atoms with E-state index in [2.05, 4.69) is 86.8 Å². The van der Waals surface area contributed by atoms with Gasteiger partial charge in [0.1, 0.15) is 13.2 Å². The van der Waals surface area contributed by atoms with Crippen molar-refractivity contribution in [3.05, 3.63) is 72.9 Å². The Kier molecular flexibility index (Phi) is 54.4. The summed E-state index contributed by atoms with van der Waals surface area (Å²) in [5.41, 5.74) is 0. The van der Waals surface area contributed by atoms with E-state index in [9.17, 15) is 19.5 Å². The Balaban J connectivity index is 4.22. The summed E-state index contributed by atoms with van der Waals surface area (Å²) in [6.45, 7) is 4.76. The number of likely N-dealkylation sites (N-methyl/N-ethyl adjacent to an activating group) is 1. The minimum absolute atomic E-state index is 0.180. The molecule has 0 bridgehead atoms. The van der Waals surface area contributed by atoms with E-state index in [1.54, 1.807) is 0 Å². The van der Waals surface area contributed by atoms with Gasteiger partial charge in [0.05, 0.1) is 34.4 Å². The van der Waals surface area contributed by atoms with Crippen molar-refractivity contribution < 1.29 is 42.9 Å². The van der Waals surface area contributed by atoms with E-state index in [-0.39, 0.29) is 32.2 Å². The van der Waals surface area contributed by atoms with E-state index in [4.69, 9.17) is 18.9 Å². The second-order valence-corrected chi connectivity index (χ2v) is 22.0. The zero-order valence-electron chi connectivity index (χ0n) is 49.4. The molecule has 0 aromatic heterocycles. The lowest BCUT2D eigenvalue weighted by molar-refractivity contribution is -0.870. The van der Waals surface area contributed by atoms with Crippen LogP contribution >= 0.6 is 0 Å². The molecule has 0 saturated carbocycles. The second kappa shape index (κ2) is 56.9. The van der Waals surface area contributed by atoms with Gasteiger partial charge in [-0.25, -0.2) is 4.79 Å². The molecule has 0 amide bonds. The molecule has 9 nitrogen and oxygen atoms in total. The number of carboxylic acids is 1. The van der Waals surface area contributed by atoms with E-state index in [0.29, 0.717) is 23.9 Å².